The van der Waals surface area contributed by atoms with Crippen molar-refractivity contribution < 1.29 is 32.4 Å². The number of hydrogen-bond donors (Lipinski definition) is 2. The first-order valence-electron chi connectivity index (χ1n) is 8.82. The standard InChI is InChI=1S/C19H21N3O8S/c1-12-4-6-14(22(25)26)9-15(12)21-19(24)11-31(27,28)10-18(23)20-13-5-7-16(29-2)17(8-13)30-3/h4-9H,10-11H2,1-3H3,(H,20,23)(H,21,24). The molecule has 0 aliphatic carbocycles. The van der Waals surface area contributed by atoms with E-state index in [0.717, 1.165) is 6.07 Å². The molecule has 0 saturated carbocycles. The molecule has 11 nitrogen and oxygen atoms in total. The number of sulfone groups is 1. The number of non-ortho nitro benzene ring substituents is 1. The van der Waals surface area contributed by atoms with E-state index in [2.05, 4.69) is 10.6 Å². The number of hydrogen-bond acceptors (Lipinski definition) is 8. The van der Waals surface area contributed by atoms with Crippen molar-refractivity contribution in [3.63, 3.8) is 0 Å². The highest BCUT2D eigenvalue weighted by atomic mass is 32.2. The molecular formula is C19H21N3O8S. The van der Waals surface area contributed by atoms with Gasteiger partial charge in [0, 0.05) is 23.9 Å². The molecule has 0 saturated heterocycles. The second-order valence-electron chi connectivity index (χ2n) is 6.45. The molecule has 2 aromatic carbocycles. The summed E-state index contributed by atoms with van der Waals surface area (Å²) in [6, 6.07) is 8.32. The summed E-state index contributed by atoms with van der Waals surface area (Å²) in [5.41, 5.74) is 0.666. The maximum atomic E-state index is 12.2. The third kappa shape index (κ3) is 6.67. The molecule has 0 bridgehead atoms. The number of nitro groups is 1. The predicted octanol–water partition coefficient (Wildman–Crippen LogP) is 1.91. The average Bonchev–Trinajstić information content (AvgIpc) is 2.68. The average molecular weight is 451 g/mol. The largest absolute Gasteiger partial charge is 0.493 e. The summed E-state index contributed by atoms with van der Waals surface area (Å²) in [5, 5.41) is 15.6. The molecule has 0 spiro atoms. The Morgan fingerprint density at radius 2 is 1.58 bits per heavy atom. The molecule has 0 heterocycles. The molecule has 0 unspecified atom stereocenters. The fraction of sp³-hybridized carbons (Fsp3) is 0.263. The van der Waals surface area contributed by atoms with Gasteiger partial charge in [0.15, 0.2) is 21.3 Å². The molecular weight excluding hydrogens is 430 g/mol. The maximum Gasteiger partial charge on any atom is 0.271 e. The smallest absolute Gasteiger partial charge is 0.271 e. The van der Waals surface area contributed by atoms with Crippen LogP contribution in [0.3, 0.4) is 0 Å². The topological polar surface area (TPSA) is 154 Å². The van der Waals surface area contributed by atoms with Crippen molar-refractivity contribution in [1.29, 1.82) is 0 Å². The van der Waals surface area contributed by atoms with Crippen LogP contribution in [-0.2, 0) is 19.4 Å². The van der Waals surface area contributed by atoms with Crippen LogP contribution in [0.15, 0.2) is 36.4 Å². The minimum Gasteiger partial charge on any atom is -0.493 e. The second-order valence-corrected chi connectivity index (χ2v) is 8.52. The third-order valence-corrected chi connectivity index (χ3v) is 5.48. The van der Waals surface area contributed by atoms with Gasteiger partial charge in [-0.3, -0.25) is 19.7 Å². The number of nitro benzene ring substituents is 1. The molecule has 12 heteroatoms. The summed E-state index contributed by atoms with van der Waals surface area (Å²) in [4.78, 5) is 34.5. The van der Waals surface area contributed by atoms with Crippen LogP contribution in [0.1, 0.15) is 5.56 Å². The van der Waals surface area contributed by atoms with Crippen molar-refractivity contribution in [3.8, 4) is 11.5 Å². The number of carbonyl (C=O) groups excluding carboxylic acids is 2. The van der Waals surface area contributed by atoms with Crippen molar-refractivity contribution in [3.05, 3.63) is 52.1 Å². The van der Waals surface area contributed by atoms with Gasteiger partial charge >= 0.3 is 0 Å². The molecule has 2 aromatic rings. The Morgan fingerprint density at radius 1 is 0.968 bits per heavy atom. The van der Waals surface area contributed by atoms with Crippen molar-refractivity contribution in [2.45, 2.75) is 6.92 Å². The highest BCUT2D eigenvalue weighted by Gasteiger charge is 2.22. The van der Waals surface area contributed by atoms with Crippen LogP contribution in [0.4, 0.5) is 17.1 Å². The van der Waals surface area contributed by atoms with Crippen molar-refractivity contribution in [1.82, 2.24) is 0 Å². The quantitative estimate of drug-likeness (QED) is 0.433. The van der Waals surface area contributed by atoms with Crippen LogP contribution in [0.2, 0.25) is 0 Å². The van der Waals surface area contributed by atoms with Gasteiger partial charge in [0.2, 0.25) is 11.8 Å². The zero-order valence-corrected chi connectivity index (χ0v) is 17.8. The monoisotopic (exact) mass is 451 g/mol. The summed E-state index contributed by atoms with van der Waals surface area (Å²) in [6.45, 7) is 1.60. The lowest BCUT2D eigenvalue weighted by Gasteiger charge is -2.11. The Bertz CT molecular complexity index is 1120. The first kappa shape index (κ1) is 23.6. The molecule has 2 N–H and O–H groups in total. The number of methoxy groups -OCH3 is 2. The van der Waals surface area contributed by atoms with E-state index >= 15 is 0 Å². The third-order valence-electron chi connectivity index (χ3n) is 4.08. The number of nitrogens with one attached hydrogen (secondary N) is 2. The fourth-order valence-electron chi connectivity index (χ4n) is 2.61. The lowest BCUT2D eigenvalue weighted by Crippen LogP contribution is -2.30. The van der Waals surface area contributed by atoms with Gasteiger partial charge in [-0.15, -0.1) is 0 Å². The number of benzene rings is 2. The Labute approximate surface area is 178 Å². The zero-order valence-electron chi connectivity index (χ0n) is 17.0. The Hall–Kier alpha value is -3.67. The fourth-order valence-corrected chi connectivity index (χ4v) is 3.65. The van der Waals surface area contributed by atoms with E-state index in [-0.39, 0.29) is 17.1 Å². The van der Waals surface area contributed by atoms with Crippen LogP contribution in [-0.4, -0.2) is 50.9 Å². The minimum absolute atomic E-state index is 0.115. The van der Waals surface area contributed by atoms with E-state index in [0.29, 0.717) is 17.1 Å². The van der Waals surface area contributed by atoms with Gasteiger partial charge in [0.05, 0.1) is 24.8 Å². The number of ether oxygens (including phenoxy) is 2. The second kappa shape index (κ2) is 9.89. The van der Waals surface area contributed by atoms with Gasteiger partial charge in [-0.2, -0.15) is 0 Å². The molecule has 31 heavy (non-hydrogen) atoms. The van der Waals surface area contributed by atoms with Gasteiger partial charge in [-0.25, -0.2) is 8.42 Å². The van der Waals surface area contributed by atoms with Crippen LogP contribution in [0, 0.1) is 17.0 Å². The number of amides is 2. The van der Waals surface area contributed by atoms with Gasteiger partial charge in [-0.05, 0) is 24.6 Å². The number of aryl methyl sites for hydroxylation is 1. The first-order chi connectivity index (χ1) is 14.5. The number of nitrogens with zero attached hydrogens (tertiary/aromatic N) is 1. The molecule has 0 aliphatic rings. The molecule has 2 rings (SSSR count). The predicted molar refractivity (Wildman–Crippen MR) is 113 cm³/mol. The normalized spacial score (nSPS) is 10.8. The SMILES string of the molecule is COc1ccc(NC(=O)CS(=O)(=O)CC(=O)Nc2cc([N+](=O)[O-])ccc2C)cc1OC. The van der Waals surface area contributed by atoms with Gasteiger partial charge < -0.3 is 20.1 Å². The molecule has 0 atom stereocenters. The van der Waals surface area contributed by atoms with E-state index < -0.39 is 38.1 Å². The molecule has 0 fully saturated rings. The zero-order chi connectivity index (χ0) is 23.2. The van der Waals surface area contributed by atoms with Gasteiger partial charge in [-0.1, -0.05) is 6.07 Å². The summed E-state index contributed by atoms with van der Waals surface area (Å²) < 4.78 is 34.7. The van der Waals surface area contributed by atoms with Crippen LogP contribution < -0.4 is 20.1 Å². The van der Waals surface area contributed by atoms with E-state index in [1.165, 1.54) is 44.6 Å². The summed E-state index contributed by atoms with van der Waals surface area (Å²) in [7, 11) is -1.24. The van der Waals surface area contributed by atoms with Crippen LogP contribution in [0.25, 0.3) is 0 Å². The summed E-state index contributed by atoms with van der Waals surface area (Å²) in [6.07, 6.45) is 0. The molecule has 166 valence electrons. The Balaban J connectivity index is 2.01. The Kier molecular flexibility index (Phi) is 7.53. The molecule has 0 aromatic heterocycles. The number of anilines is 2. The highest BCUT2D eigenvalue weighted by molar-refractivity contribution is 7.92. The van der Waals surface area contributed by atoms with Crippen LogP contribution in [0.5, 0.6) is 11.5 Å². The molecule has 2 amide bonds. The van der Waals surface area contributed by atoms with Gasteiger partial charge in [0.25, 0.3) is 5.69 Å². The lowest BCUT2D eigenvalue weighted by molar-refractivity contribution is -0.384. The van der Waals surface area contributed by atoms with E-state index in [9.17, 15) is 28.1 Å². The van der Waals surface area contributed by atoms with Gasteiger partial charge in [0.1, 0.15) is 11.5 Å². The molecule has 0 radical (unpaired) electrons. The van der Waals surface area contributed by atoms with E-state index in [1.807, 2.05) is 0 Å². The van der Waals surface area contributed by atoms with E-state index in [4.69, 9.17) is 9.47 Å². The van der Waals surface area contributed by atoms with E-state index in [1.54, 1.807) is 6.92 Å². The molecule has 0 aliphatic heterocycles. The first-order valence-corrected chi connectivity index (χ1v) is 10.6. The summed E-state index contributed by atoms with van der Waals surface area (Å²) in [5.74, 6) is -2.87. The maximum absolute atomic E-state index is 12.2. The van der Waals surface area contributed by atoms with Crippen molar-refractivity contribution in [2.75, 3.05) is 36.4 Å². The Morgan fingerprint density at radius 3 is 2.16 bits per heavy atom. The summed E-state index contributed by atoms with van der Waals surface area (Å²) >= 11 is 0. The minimum atomic E-state index is -4.10. The highest BCUT2D eigenvalue weighted by Crippen LogP contribution is 2.29. The van der Waals surface area contributed by atoms with Crippen LogP contribution >= 0.6 is 0 Å². The lowest BCUT2D eigenvalue weighted by atomic mass is 10.2. The van der Waals surface area contributed by atoms with Crippen molar-refractivity contribution >= 4 is 38.7 Å². The van der Waals surface area contributed by atoms with Crippen molar-refractivity contribution in [2.24, 2.45) is 0 Å². The number of rotatable bonds is 9. The number of carbonyl (C=O) groups is 2.